The van der Waals surface area contributed by atoms with Gasteiger partial charge in [-0.1, -0.05) is 29.8 Å². The summed E-state index contributed by atoms with van der Waals surface area (Å²) < 4.78 is 32.1. The van der Waals surface area contributed by atoms with Crippen LogP contribution in [0.1, 0.15) is 35.3 Å². The van der Waals surface area contributed by atoms with E-state index in [9.17, 15) is 13.2 Å². The summed E-state index contributed by atoms with van der Waals surface area (Å²) in [5.41, 5.74) is 2.34. The number of piperazine rings is 1. The van der Waals surface area contributed by atoms with Crippen molar-refractivity contribution in [2.45, 2.75) is 31.2 Å². The standard InChI is InChI=1S/C22H28N2O4S/c1-17-5-11-20(12-6-17)29(26,27)24-15-13-23(14-16-24)22(2,3)19-9-7-18(8-10-19)21(25)28-4/h5-12H,13-16H2,1-4H3. The number of benzene rings is 2. The van der Waals surface area contributed by atoms with Crippen molar-refractivity contribution >= 4 is 16.0 Å². The highest BCUT2D eigenvalue weighted by Crippen LogP contribution is 2.30. The van der Waals surface area contributed by atoms with Crippen molar-refractivity contribution in [3.05, 3.63) is 65.2 Å². The van der Waals surface area contributed by atoms with Crippen LogP contribution >= 0.6 is 0 Å². The van der Waals surface area contributed by atoms with Crippen LogP contribution in [-0.4, -0.2) is 56.9 Å². The van der Waals surface area contributed by atoms with Gasteiger partial charge in [0.2, 0.25) is 10.0 Å². The number of hydrogen-bond donors (Lipinski definition) is 0. The number of hydrogen-bond acceptors (Lipinski definition) is 5. The Morgan fingerprint density at radius 3 is 2.00 bits per heavy atom. The molecule has 1 aliphatic heterocycles. The molecule has 0 saturated carbocycles. The van der Waals surface area contributed by atoms with E-state index in [0.717, 1.165) is 11.1 Å². The molecule has 0 aliphatic carbocycles. The van der Waals surface area contributed by atoms with Gasteiger partial charge in [0, 0.05) is 31.7 Å². The van der Waals surface area contributed by atoms with Crippen molar-refractivity contribution in [3.8, 4) is 0 Å². The van der Waals surface area contributed by atoms with Crippen molar-refractivity contribution in [2.24, 2.45) is 0 Å². The van der Waals surface area contributed by atoms with Crippen LogP contribution in [0.5, 0.6) is 0 Å². The van der Waals surface area contributed by atoms with E-state index in [1.54, 1.807) is 28.6 Å². The summed E-state index contributed by atoms with van der Waals surface area (Å²) in [6.45, 7) is 8.33. The molecule has 2 aromatic carbocycles. The fourth-order valence-electron chi connectivity index (χ4n) is 3.66. The summed E-state index contributed by atoms with van der Waals surface area (Å²) >= 11 is 0. The first-order chi connectivity index (χ1) is 13.7. The van der Waals surface area contributed by atoms with Gasteiger partial charge in [0.05, 0.1) is 17.6 Å². The Balaban J connectivity index is 1.70. The fourth-order valence-corrected chi connectivity index (χ4v) is 5.08. The van der Waals surface area contributed by atoms with Gasteiger partial charge in [-0.05, 0) is 50.6 Å². The largest absolute Gasteiger partial charge is 0.465 e. The second-order valence-electron chi connectivity index (χ2n) is 7.83. The predicted octanol–water partition coefficient (Wildman–Crippen LogP) is 3.02. The van der Waals surface area contributed by atoms with E-state index < -0.39 is 10.0 Å². The van der Waals surface area contributed by atoms with E-state index in [1.165, 1.54) is 7.11 Å². The lowest BCUT2D eigenvalue weighted by atomic mass is 9.91. The van der Waals surface area contributed by atoms with E-state index in [0.29, 0.717) is 36.6 Å². The quantitative estimate of drug-likeness (QED) is 0.701. The molecule has 1 fully saturated rings. The molecule has 2 aromatic rings. The summed E-state index contributed by atoms with van der Waals surface area (Å²) in [5.74, 6) is -0.357. The van der Waals surface area contributed by atoms with Gasteiger partial charge in [-0.3, -0.25) is 4.90 Å². The molecule has 156 valence electrons. The molecule has 1 heterocycles. The zero-order valence-electron chi connectivity index (χ0n) is 17.4. The van der Waals surface area contributed by atoms with Crippen LogP contribution < -0.4 is 0 Å². The van der Waals surface area contributed by atoms with Crippen molar-refractivity contribution in [1.82, 2.24) is 9.21 Å². The molecule has 0 unspecified atom stereocenters. The predicted molar refractivity (Wildman–Crippen MR) is 112 cm³/mol. The van der Waals surface area contributed by atoms with Gasteiger partial charge >= 0.3 is 5.97 Å². The molecule has 0 aromatic heterocycles. The molecule has 0 radical (unpaired) electrons. The number of sulfonamides is 1. The van der Waals surface area contributed by atoms with Gasteiger partial charge < -0.3 is 4.74 Å². The second-order valence-corrected chi connectivity index (χ2v) is 9.77. The Labute approximate surface area is 173 Å². The van der Waals surface area contributed by atoms with E-state index in [2.05, 4.69) is 18.7 Å². The molecule has 1 saturated heterocycles. The lowest BCUT2D eigenvalue weighted by Crippen LogP contribution is -2.54. The van der Waals surface area contributed by atoms with Crippen molar-refractivity contribution in [3.63, 3.8) is 0 Å². The van der Waals surface area contributed by atoms with Gasteiger partial charge in [0.1, 0.15) is 0 Å². The first-order valence-corrected chi connectivity index (χ1v) is 11.1. The minimum absolute atomic E-state index is 0.283. The number of aryl methyl sites for hydroxylation is 1. The maximum atomic E-state index is 12.9. The van der Waals surface area contributed by atoms with Gasteiger partial charge in [-0.2, -0.15) is 4.31 Å². The van der Waals surface area contributed by atoms with Gasteiger partial charge in [0.25, 0.3) is 0 Å². The van der Waals surface area contributed by atoms with Crippen molar-refractivity contribution in [2.75, 3.05) is 33.3 Å². The lowest BCUT2D eigenvalue weighted by molar-refractivity contribution is 0.0600. The average Bonchev–Trinajstić information content (AvgIpc) is 2.73. The summed E-state index contributed by atoms with van der Waals surface area (Å²) in [5, 5.41) is 0. The highest BCUT2D eigenvalue weighted by atomic mass is 32.2. The second kappa shape index (κ2) is 8.26. The van der Waals surface area contributed by atoms with Crippen LogP contribution in [0.4, 0.5) is 0 Å². The number of rotatable bonds is 5. The highest BCUT2D eigenvalue weighted by Gasteiger charge is 2.35. The van der Waals surface area contributed by atoms with Gasteiger partial charge in [-0.25, -0.2) is 13.2 Å². The Morgan fingerprint density at radius 2 is 1.48 bits per heavy atom. The number of methoxy groups -OCH3 is 1. The average molecular weight is 417 g/mol. The van der Waals surface area contributed by atoms with E-state index >= 15 is 0 Å². The number of esters is 1. The van der Waals surface area contributed by atoms with E-state index in [4.69, 9.17) is 4.74 Å². The SMILES string of the molecule is COC(=O)c1ccc(C(C)(C)N2CCN(S(=O)(=O)c3ccc(C)cc3)CC2)cc1. The monoisotopic (exact) mass is 416 g/mol. The molecular weight excluding hydrogens is 388 g/mol. The molecule has 6 nitrogen and oxygen atoms in total. The third-order valence-corrected chi connectivity index (χ3v) is 7.61. The molecule has 0 amide bonds. The van der Waals surface area contributed by atoms with Gasteiger partial charge in [0.15, 0.2) is 0 Å². The van der Waals surface area contributed by atoms with Gasteiger partial charge in [-0.15, -0.1) is 0 Å². The zero-order valence-corrected chi connectivity index (χ0v) is 18.2. The molecular formula is C22H28N2O4S. The van der Waals surface area contributed by atoms with Crippen molar-refractivity contribution < 1.29 is 17.9 Å². The lowest BCUT2D eigenvalue weighted by Gasteiger charge is -2.44. The normalized spacial score (nSPS) is 16.6. The first kappa shape index (κ1) is 21.5. The molecule has 0 bridgehead atoms. The van der Waals surface area contributed by atoms with Crippen LogP contribution in [0.3, 0.4) is 0 Å². The minimum atomic E-state index is -3.48. The zero-order chi connectivity index (χ0) is 21.2. The van der Waals surface area contributed by atoms with Crippen LogP contribution in [0, 0.1) is 6.92 Å². The van der Waals surface area contributed by atoms with Crippen LogP contribution in [-0.2, 0) is 20.3 Å². The molecule has 0 atom stereocenters. The summed E-state index contributed by atoms with van der Waals surface area (Å²) in [6.07, 6.45) is 0. The third-order valence-electron chi connectivity index (χ3n) is 5.70. The van der Waals surface area contributed by atoms with Crippen LogP contribution in [0.15, 0.2) is 53.4 Å². The number of carbonyl (C=O) groups excluding carboxylic acids is 1. The minimum Gasteiger partial charge on any atom is -0.465 e. The molecule has 7 heteroatoms. The molecule has 3 rings (SSSR count). The Bertz CT molecular complexity index is 959. The topological polar surface area (TPSA) is 66.9 Å². The Hall–Kier alpha value is -2.22. The first-order valence-electron chi connectivity index (χ1n) is 9.67. The molecule has 0 N–H and O–H groups in total. The third kappa shape index (κ3) is 4.37. The Kier molecular flexibility index (Phi) is 6.12. The smallest absolute Gasteiger partial charge is 0.337 e. The number of nitrogens with zero attached hydrogens (tertiary/aromatic N) is 2. The molecule has 0 spiro atoms. The van der Waals surface area contributed by atoms with Crippen LogP contribution in [0.2, 0.25) is 0 Å². The van der Waals surface area contributed by atoms with Crippen molar-refractivity contribution in [1.29, 1.82) is 0 Å². The highest BCUT2D eigenvalue weighted by molar-refractivity contribution is 7.89. The summed E-state index contributed by atoms with van der Waals surface area (Å²) in [4.78, 5) is 14.3. The fraction of sp³-hybridized carbons (Fsp3) is 0.409. The molecule has 29 heavy (non-hydrogen) atoms. The number of ether oxygens (including phenoxy) is 1. The van der Waals surface area contributed by atoms with E-state index in [1.807, 2.05) is 31.2 Å². The van der Waals surface area contributed by atoms with Crippen LogP contribution in [0.25, 0.3) is 0 Å². The summed E-state index contributed by atoms with van der Waals surface area (Å²) in [6, 6.07) is 14.4. The molecule has 1 aliphatic rings. The maximum absolute atomic E-state index is 12.9. The maximum Gasteiger partial charge on any atom is 0.337 e. The summed E-state index contributed by atoms with van der Waals surface area (Å²) in [7, 11) is -2.11. The number of carbonyl (C=O) groups is 1. The van der Waals surface area contributed by atoms with E-state index in [-0.39, 0.29) is 11.5 Å². The Morgan fingerprint density at radius 1 is 0.931 bits per heavy atom.